The molecular formula is C25H19FN2O4. The summed E-state index contributed by atoms with van der Waals surface area (Å²) in [6.07, 6.45) is 0. The number of hydrogen-bond donors (Lipinski definition) is 1. The number of fused-ring (bicyclic) bond motifs is 1. The average molecular weight is 430 g/mol. The highest BCUT2D eigenvalue weighted by Crippen LogP contribution is 2.33. The van der Waals surface area contributed by atoms with Crippen LogP contribution in [0.2, 0.25) is 0 Å². The minimum absolute atomic E-state index is 0.0579. The standard InChI is InChI=1S/C25H19FN2O4/c1-13-19(12-27)24(30)28(15(3)16-7-5-4-6-8-16)25(31)21(13)22(29)23-14(2)18-11-17(26)9-10-20(18)32-23/h4-11,15,31H,1-3H3. The summed E-state index contributed by atoms with van der Waals surface area (Å²) in [5.41, 5.74) is 0.347. The molecule has 0 aliphatic heterocycles. The molecule has 7 heteroatoms. The van der Waals surface area contributed by atoms with Crippen molar-refractivity contribution in [2.45, 2.75) is 26.8 Å². The molecule has 2 aromatic heterocycles. The molecule has 160 valence electrons. The highest BCUT2D eigenvalue weighted by molar-refractivity contribution is 6.12. The summed E-state index contributed by atoms with van der Waals surface area (Å²) in [5.74, 6) is -1.82. The van der Waals surface area contributed by atoms with Crippen molar-refractivity contribution in [2.24, 2.45) is 0 Å². The smallest absolute Gasteiger partial charge is 0.272 e. The van der Waals surface area contributed by atoms with Gasteiger partial charge in [-0.2, -0.15) is 5.26 Å². The van der Waals surface area contributed by atoms with Crippen LogP contribution in [0.1, 0.15) is 51.3 Å². The first-order valence-electron chi connectivity index (χ1n) is 9.92. The normalized spacial score (nSPS) is 12.0. The third-order valence-corrected chi connectivity index (χ3v) is 5.75. The maximum Gasteiger partial charge on any atom is 0.272 e. The van der Waals surface area contributed by atoms with E-state index in [1.165, 1.54) is 25.1 Å². The van der Waals surface area contributed by atoms with E-state index in [9.17, 15) is 24.3 Å². The molecule has 1 atom stereocenters. The minimum atomic E-state index is -0.696. The number of benzene rings is 2. The van der Waals surface area contributed by atoms with E-state index in [-0.39, 0.29) is 22.5 Å². The monoisotopic (exact) mass is 430 g/mol. The summed E-state index contributed by atoms with van der Waals surface area (Å²) in [4.78, 5) is 26.5. The molecule has 4 rings (SSSR count). The molecule has 0 radical (unpaired) electrons. The Morgan fingerprint density at radius 3 is 2.50 bits per heavy atom. The van der Waals surface area contributed by atoms with Gasteiger partial charge in [-0.1, -0.05) is 30.3 Å². The zero-order valence-electron chi connectivity index (χ0n) is 17.6. The van der Waals surface area contributed by atoms with E-state index >= 15 is 0 Å². The number of nitrogens with zero attached hydrogens (tertiary/aromatic N) is 2. The number of pyridine rings is 1. The van der Waals surface area contributed by atoms with Crippen LogP contribution in [-0.4, -0.2) is 15.5 Å². The van der Waals surface area contributed by atoms with Gasteiger partial charge in [0.1, 0.15) is 23.0 Å². The van der Waals surface area contributed by atoms with Crippen LogP contribution in [0.15, 0.2) is 57.7 Å². The van der Waals surface area contributed by atoms with E-state index in [1.54, 1.807) is 38.1 Å². The van der Waals surface area contributed by atoms with Crippen molar-refractivity contribution in [1.82, 2.24) is 4.57 Å². The number of ketones is 1. The number of aromatic hydroxyl groups is 1. The first-order valence-corrected chi connectivity index (χ1v) is 9.92. The Kier molecular flexibility index (Phi) is 5.15. The summed E-state index contributed by atoms with van der Waals surface area (Å²) in [6.45, 7) is 4.73. The fourth-order valence-corrected chi connectivity index (χ4v) is 3.96. The van der Waals surface area contributed by atoms with Gasteiger partial charge in [0, 0.05) is 10.9 Å². The van der Waals surface area contributed by atoms with Gasteiger partial charge in [0.15, 0.2) is 5.76 Å². The fourth-order valence-electron chi connectivity index (χ4n) is 3.96. The molecular weight excluding hydrogens is 411 g/mol. The highest BCUT2D eigenvalue weighted by atomic mass is 19.1. The van der Waals surface area contributed by atoms with Gasteiger partial charge in [-0.05, 0) is 50.1 Å². The van der Waals surface area contributed by atoms with Crippen molar-refractivity contribution in [3.05, 3.63) is 98.3 Å². The number of carbonyl (C=O) groups is 1. The number of furan rings is 1. The molecule has 0 saturated heterocycles. The van der Waals surface area contributed by atoms with Crippen molar-refractivity contribution in [2.75, 3.05) is 0 Å². The Hall–Kier alpha value is -4.18. The summed E-state index contributed by atoms with van der Waals surface area (Å²) < 4.78 is 20.4. The quantitative estimate of drug-likeness (QED) is 0.471. The van der Waals surface area contributed by atoms with Crippen LogP contribution < -0.4 is 5.56 Å². The molecule has 4 aromatic rings. The zero-order valence-corrected chi connectivity index (χ0v) is 17.6. The second kappa shape index (κ2) is 7.82. The van der Waals surface area contributed by atoms with Crippen molar-refractivity contribution >= 4 is 16.8 Å². The fraction of sp³-hybridized carbons (Fsp3) is 0.160. The summed E-state index contributed by atoms with van der Waals surface area (Å²) in [6, 6.07) is 14.1. The molecule has 0 aliphatic rings. The lowest BCUT2D eigenvalue weighted by Gasteiger charge is -2.20. The van der Waals surface area contributed by atoms with Gasteiger partial charge < -0.3 is 9.52 Å². The van der Waals surface area contributed by atoms with E-state index < -0.39 is 29.1 Å². The van der Waals surface area contributed by atoms with Crippen LogP contribution >= 0.6 is 0 Å². The molecule has 6 nitrogen and oxygen atoms in total. The van der Waals surface area contributed by atoms with Crippen LogP contribution in [-0.2, 0) is 0 Å². The molecule has 1 N–H and O–H groups in total. The Balaban J connectivity index is 1.97. The SMILES string of the molecule is Cc1c(C(=O)c2oc3ccc(F)cc3c2C)c(O)n(C(C)c2ccccc2)c(=O)c1C#N. The highest BCUT2D eigenvalue weighted by Gasteiger charge is 2.30. The van der Waals surface area contributed by atoms with Gasteiger partial charge in [0.25, 0.3) is 5.56 Å². The number of aromatic nitrogens is 1. The largest absolute Gasteiger partial charge is 0.494 e. The predicted molar refractivity (Wildman–Crippen MR) is 116 cm³/mol. The molecule has 0 fully saturated rings. The third kappa shape index (κ3) is 3.17. The van der Waals surface area contributed by atoms with Crippen molar-refractivity contribution in [3.8, 4) is 11.9 Å². The number of aryl methyl sites for hydroxylation is 1. The maximum atomic E-state index is 13.7. The second-order valence-corrected chi connectivity index (χ2v) is 7.60. The minimum Gasteiger partial charge on any atom is -0.494 e. The molecule has 2 aromatic carbocycles. The van der Waals surface area contributed by atoms with Gasteiger partial charge in [-0.3, -0.25) is 14.2 Å². The second-order valence-electron chi connectivity index (χ2n) is 7.60. The summed E-state index contributed by atoms with van der Waals surface area (Å²) >= 11 is 0. The van der Waals surface area contributed by atoms with Crippen molar-refractivity contribution in [3.63, 3.8) is 0 Å². The number of hydrogen-bond acceptors (Lipinski definition) is 5. The molecule has 0 saturated carbocycles. The molecule has 0 amide bonds. The molecule has 2 heterocycles. The Bertz CT molecular complexity index is 1480. The number of rotatable bonds is 4. The van der Waals surface area contributed by atoms with E-state index in [4.69, 9.17) is 4.42 Å². The van der Waals surface area contributed by atoms with Crippen LogP contribution in [0.3, 0.4) is 0 Å². The predicted octanol–water partition coefficient (Wildman–Crippen LogP) is 4.77. The van der Waals surface area contributed by atoms with Gasteiger partial charge in [-0.25, -0.2) is 4.39 Å². The summed E-state index contributed by atoms with van der Waals surface area (Å²) in [5, 5.41) is 21.1. The van der Waals surface area contributed by atoms with Crippen molar-refractivity contribution < 1.29 is 18.7 Å². The van der Waals surface area contributed by atoms with E-state index in [2.05, 4.69) is 0 Å². The first-order chi connectivity index (χ1) is 15.3. The Labute approximate surface area is 182 Å². The molecule has 0 aliphatic carbocycles. The topological polar surface area (TPSA) is 96.2 Å². The van der Waals surface area contributed by atoms with Crippen molar-refractivity contribution in [1.29, 1.82) is 5.26 Å². The molecule has 0 bridgehead atoms. The van der Waals surface area contributed by atoms with E-state index in [1.807, 2.05) is 12.1 Å². The van der Waals surface area contributed by atoms with Gasteiger partial charge in [0.2, 0.25) is 11.7 Å². The van der Waals surface area contributed by atoms with E-state index in [0.717, 1.165) is 4.57 Å². The average Bonchev–Trinajstić information content (AvgIpc) is 3.10. The molecule has 1 unspecified atom stereocenters. The Morgan fingerprint density at radius 1 is 1.16 bits per heavy atom. The molecule has 32 heavy (non-hydrogen) atoms. The third-order valence-electron chi connectivity index (χ3n) is 5.75. The number of carbonyl (C=O) groups excluding carboxylic acids is 1. The van der Waals surface area contributed by atoms with Crippen LogP contribution in [0.4, 0.5) is 4.39 Å². The first kappa shape index (κ1) is 21.1. The van der Waals surface area contributed by atoms with Crippen LogP contribution in [0.25, 0.3) is 11.0 Å². The van der Waals surface area contributed by atoms with E-state index in [0.29, 0.717) is 22.1 Å². The summed E-state index contributed by atoms with van der Waals surface area (Å²) in [7, 11) is 0. The van der Waals surface area contributed by atoms with Gasteiger partial charge in [-0.15, -0.1) is 0 Å². The lowest BCUT2D eigenvalue weighted by Crippen LogP contribution is -2.29. The Morgan fingerprint density at radius 2 is 1.84 bits per heavy atom. The van der Waals surface area contributed by atoms with Gasteiger partial charge >= 0.3 is 0 Å². The van der Waals surface area contributed by atoms with Crippen LogP contribution in [0, 0.1) is 31.0 Å². The lowest BCUT2D eigenvalue weighted by atomic mass is 9.97. The zero-order chi connectivity index (χ0) is 23.2. The maximum absolute atomic E-state index is 13.7. The number of nitriles is 1. The number of halogens is 1. The molecule has 0 spiro atoms. The van der Waals surface area contributed by atoms with Gasteiger partial charge in [0.05, 0.1) is 11.6 Å². The van der Waals surface area contributed by atoms with Crippen LogP contribution in [0.5, 0.6) is 5.88 Å². The lowest BCUT2D eigenvalue weighted by molar-refractivity contribution is 0.100.